The topological polar surface area (TPSA) is 38.5 Å². The van der Waals surface area contributed by atoms with Crippen molar-refractivity contribution in [3.63, 3.8) is 0 Å². The molecule has 1 aromatic carbocycles. The Morgan fingerprint density at radius 2 is 1.95 bits per heavy atom. The van der Waals surface area contributed by atoms with Crippen molar-refractivity contribution in [3.05, 3.63) is 18.2 Å². The van der Waals surface area contributed by atoms with Gasteiger partial charge in [-0.15, -0.1) is 11.8 Å². The molecule has 4 heteroatoms. The monoisotopic (exact) mass is 282 g/mol. The summed E-state index contributed by atoms with van der Waals surface area (Å²) >= 11 is 1.81. The van der Waals surface area contributed by atoms with E-state index >= 15 is 0 Å². The molecule has 0 unspecified atom stereocenters. The maximum Gasteiger partial charge on any atom is 0.143 e. The summed E-state index contributed by atoms with van der Waals surface area (Å²) in [6.07, 6.45) is 0.999. The van der Waals surface area contributed by atoms with Crippen molar-refractivity contribution < 1.29 is 4.74 Å². The zero-order valence-electron chi connectivity index (χ0n) is 12.3. The largest absolute Gasteiger partial charge is 0.491 e. The first-order chi connectivity index (χ1) is 9.22. The summed E-state index contributed by atoms with van der Waals surface area (Å²) in [5, 5.41) is 0. The highest BCUT2D eigenvalue weighted by Gasteiger charge is 2.07. The highest BCUT2D eigenvalue weighted by atomic mass is 32.2. The van der Waals surface area contributed by atoms with Crippen LogP contribution in [0.3, 0.4) is 0 Å². The van der Waals surface area contributed by atoms with Gasteiger partial charge in [-0.05, 0) is 31.6 Å². The van der Waals surface area contributed by atoms with Crippen LogP contribution in [0.2, 0.25) is 0 Å². The van der Waals surface area contributed by atoms with E-state index in [2.05, 4.69) is 31.7 Å². The van der Waals surface area contributed by atoms with Gasteiger partial charge in [0.2, 0.25) is 0 Å². The molecule has 0 atom stereocenters. The van der Waals surface area contributed by atoms with Gasteiger partial charge in [0.15, 0.2) is 0 Å². The van der Waals surface area contributed by atoms with Crippen molar-refractivity contribution >= 4 is 17.4 Å². The van der Waals surface area contributed by atoms with E-state index in [4.69, 9.17) is 10.5 Å². The van der Waals surface area contributed by atoms with Gasteiger partial charge in [-0.3, -0.25) is 0 Å². The van der Waals surface area contributed by atoms with E-state index in [1.165, 1.54) is 0 Å². The number of hydrogen-bond acceptors (Lipinski definition) is 4. The number of para-hydroxylation sites is 1. The second-order valence-corrected chi connectivity index (χ2v) is 5.53. The van der Waals surface area contributed by atoms with E-state index < -0.39 is 0 Å². The van der Waals surface area contributed by atoms with Crippen molar-refractivity contribution in [2.45, 2.75) is 32.1 Å². The maximum atomic E-state index is 6.15. The molecule has 0 spiro atoms. The Morgan fingerprint density at radius 3 is 2.58 bits per heavy atom. The third-order valence-corrected chi connectivity index (χ3v) is 4.10. The second kappa shape index (κ2) is 9.10. The zero-order valence-corrected chi connectivity index (χ0v) is 13.1. The molecule has 0 amide bonds. The second-order valence-electron chi connectivity index (χ2n) is 4.39. The molecule has 1 rings (SSSR count). The van der Waals surface area contributed by atoms with Gasteiger partial charge in [0.05, 0.1) is 12.3 Å². The summed E-state index contributed by atoms with van der Waals surface area (Å²) in [4.78, 5) is 3.54. The SMILES string of the molecule is CCCOc1cccc(SCCN(CC)CC)c1N. The van der Waals surface area contributed by atoms with Gasteiger partial charge in [0.25, 0.3) is 0 Å². The summed E-state index contributed by atoms with van der Waals surface area (Å²) in [5.74, 6) is 1.87. The van der Waals surface area contributed by atoms with Gasteiger partial charge >= 0.3 is 0 Å². The number of anilines is 1. The molecule has 0 aliphatic rings. The number of nitrogen functional groups attached to an aromatic ring is 1. The Bertz CT molecular complexity index is 367. The molecule has 0 aliphatic carbocycles. The number of benzene rings is 1. The molecule has 0 saturated carbocycles. The molecule has 2 N–H and O–H groups in total. The number of ether oxygens (including phenoxy) is 1. The lowest BCUT2D eigenvalue weighted by molar-refractivity contribution is 0.318. The minimum absolute atomic E-state index is 0.720. The van der Waals surface area contributed by atoms with Crippen molar-refractivity contribution in [1.29, 1.82) is 0 Å². The van der Waals surface area contributed by atoms with Crippen LogP contribution in [0.15, 0.2) is 23.1 Å². The fraction of sp³-hybridized carbons (Fsp3) is 0.600. The first-order valence-corrected chi connectivity index (χ1v) is 8.07. The highest BCUT2D eigenvalue weighted by Crippen LogP contribution is 2.32. The molecule has 19 heavy (non-hydrogen) atoms. The lowest BCUT2D eigenvalue weighted by Crippen LogP contribution is -2.25. The van der Waals surface area contributed by atoms with Crippen molar-refractivity contribution in [2.75, 3.05) is 37.7 Å². The summed E-state index contributed by atoms with van der Waals surface area (Å²) < 4.78 is 5.65. The molecule has 0 fully saturated rings. The van der Waals surface area contributed by atoms with Gasteiger partial charge in [-0.25, -0.2) is 0 Å². The normalized spacial score (nSPS) is 10.9. The summed E-state index contributed by atoms with van der Waals surface area (Å²) in [5.41, 5.74) is 6.92. The van der Waals surface area contributed by atoms with E-state index in [1.807, 2.05) is 23.9 Å². The van der Waals surface area contributed by atoms with Crippen LogP contribution in [0.4, 0.5) is 5.69 Å². The smallest absolute Gasteiger partial charge is 0.143 e. The third-order valence-electron chi connectivity index (χ3n) is 3.05. The number of thioether (sulfide) groups is 1. The fourth-order valence-electron chi connectivity index (χ4n) is 1.81. The van der Waals surface area contributed by atoms with Crippen molar-refractivity contribution in [3.8, 4) is 5.75 Å². The Balaban J connectivity index is 2.53. The molecular formula is C15H26N2OS. The molecule has 0 aromatic heterocycles. The van der Waals surface area contributed by atoms with E-state index in [0.717, 1.165) is 54.7 Å². The van der Waals surface area contributed by atoms with Crippen molar-refractivity contribution in [1.82, 2.24) is 4.90 Å². The number of nitrogens with zero attached hydrogens (tertiary/aromatic N) is 1. The van der Waals surface area contributed by atoms with Crippen LogP contribution in [-0.4, -0.2) is 36.9 Å². The van der Waals surface area contributed by atoms with Gasteiger partial charge < -0.3 is 15.4 Å². The molecule has 108 valence electrons. The first-order valence-electron chi connectivity index (χ1n) is 7.09. The number of rotatable bonds is 9. The van der Waals surface area contributed by atoms with Gasteiger partial charge in [0.1, 0.15) is 5.75 Å². The third kappa shape index (κ3) is 5.33. The van der Waals surface area contributed by atoms with Gasteiger partial charge in [-0.1, -0.05) is 26.8 Å². The van der Waals surface area contributed by atoms with Crippen LogP contribution < -0.4 is 10.5 Å². The van der Waals surface area contributed by atoms with Gasteiger partial charge in [0, 0.05) is 17.2 Å². The predicted octanol–water partition coefficient (Wildman–Crippen LogP) is 3.49. The average molecular weight is 282 g/mol. The maximum absolute atomic E-state index is 6.15. The summed E-state index contributed by atoms with van der Waals surface area (Å²) in [7, 11) is 0. The van der Waals surface area contributed by atoms with Crippen LogP contribution in [0.1, 0.15) is 27.2 Å². The molecular weight excluding hydrogens is 256 g/mol. The number of hydrogen-bond donors (Lipinski definition) is 1. The Hall–Kier alpha value is -0.870. The van der Waals surface area contributed by atoms with Gasteiger partial charge in [-0.2, -0.15) is 0 Å². The van der Waals surface area contributed by atoms with Crippen LogP contribution in [0.5, 0.6) is 5.75 Å². The van der Waals surface area contributed by atoms with Crippen LogP contribution >= 0.6 is 11.8 Å². The quantitative estimate of drug-likeness (QED) is 0.556. The van der Waals surface area contributed by atoms with Crippen LogP contribution in [-0.2, 0) is 0 Å². The average Bonchev–Trinajstić information content (AvgIpc) is 2.44. The molecule has 0 heterocycles. The standard InChI is InChI=1S/C15H26N2OS/c1-4-11-18-13-8-7-9-14(15(13)16)19-12-10-17(5-2)6-3/h7-9H,4-6,10-12,16H2,1-3H3. The lowest BCUT2D eigenvalue weighted by Gasteiger charge is -2.18. The molecule has 0 radical (unpaired) electrons. The van der Waals surface area contributed by atoms with E-state index in [9.17, 15) is 0 Å². The molecule has 0 saturated heterocycles. The first kappa shape index (κ1) is 16.2. The Kier molecular flexibility index (Phi) is 7.75. The fourth-order valence-corrected chi connectivity index (χ4v) is 2.81. The highest BCUT2D eigenvalue weighted by molar-refractivity contribution is 7.99. The molecule has 0 bridgehead atoms. The van der Waals surface area contributed by atoms with Crippen molar-refractivity contribution in [2.24, 2.45) is 0 Å². The lowest BCUT2D eigenvalue weighted by atomic mass is 10.3. The zero-order chi connectivity index (χ0) is 14.1. The summed E-state index contributed by atoms with van der Waals surface area (Å²) in [6, 6.07) is 6.03. The Morgan fingerprint density at radius 1 is 1.21 bits per heavy atom. The Labute approximate surface area is 121 Å². The van der Waals surface area contributed by atoms with Crippen LogP contribution in [0, 0.1) is 0 Å². The number of nitrogens with two attached hydrogens (primary N) is 1. The minimum Gasteiger partial charge on any atom is -0.491 e. The predicted molar refractivity (Wildman–Crippen MR) is 85.2 cm³/mol. The molecule has 3 nitrogen and oxygen atoms in total. The molecule has 0 aliphatic heterocycles. The van der Waals surface area contributed by atoms with E-state index in [0.29, 0.717) is 0 Å². The van der Waals surface area contributed by atoms with Crippen LogP contribution in [0.25, 0.3) is 0 Å². The van der Waals surface area contributed by atoms with E-state index in [1.54, 1.807) is 0 Å². The summed E-state index contributed by atoms with van der Waals surface area (Å²) in [6.45, 7) is 10.5. The van der Waals surface area contributed by atoms with E-state index in [-0.39, 0.29) is 0 Å². The minimum atomic E-state index is 0.720. The molecule has 1 aromatic rings.